The van der Waals surface area contributed by atoms with Gasteiger partial charge >= 0.3 is 0 Å². The van der Waals surface area contributed by atoms with E-state index in [4.69, 9.17) is 11.6 Å². The Morgan fingerprint density at radius 3 is 2.21 bits per heavy atom. The molecule has 33 heavy (non-hydrogen) atoms. The van der Waals surface area contributed by atoms with Gasteiger partial charge in [-0.05, 0) is 81.0 Å². The number of likely N-dealkylation sites (tertiary alicyclic amines) is 1. The molecular formula is C24H36ClN3O4S. The average Bonchev–Trinajstić information content (AvgIpc) is 2.81. The van der Waals surface area contributed by atoms with Gasteiger partial charge in [-0.3, -0.25) is 9.59 Å². The van der Waals surface area contributed by atoms with Crippen molar-refractivity contribution < 1.29 is 18.0 Å². The highest BCUT2D eigenvalue weighted by Gasteiger charge is 2.33. The molecule has 3 rings (SSSR count). The maximum Gasteiger partial charge on any atom is 0.245 e. The molecule has 7 nitrogen and oxygen atoms in total. The van der Waals surface area contributed by atoms with E-state index < -0.39 is 16.1 Å². The molecule has 1 aliphatic carbocycles. The highest BCUT2D eigenvalue weighted by molar-refractivity contribution is 7.89. The number of sulfonamides is 1. The van der Waals surface area contributed by atoms with Crippen molar-refractivity contribution in [1.82, 2.24) is 14.9 Å². The van der Waals surface area contributed by atoms with Gasteiger partial charge in [0.05, 0.1) is 4.90 Å². The summed E-state index contributed by atoms with van der Waals surface area (Å²) in [7, 11) is -3.58. The summed E-state index contributed by atoms with van der Waals surface area (Å²) in [6.07, 6.45) is 6.14. The largest absolute Gasteiger partial charge is 0.344 e. The summed E-state index contributed by atoms with van der Waals surface area (Å²) in [4.78, 5) is 28.0. The Balaban J connectivity index is 1.47. The third-order valence-corrected chi connectivity index (χ3v) is 8.49. The van der Waals surface area contributed by atoms with E-state index in [1.165, 1.54) is 12.1 Å². The van der Waals surface area contributed by atoms with Crippen molar-refractivity contribution in [2.75, 3.05) is 19.6 Å². The molecule has 1 aromatic rings. The Morgan fingerprint density at radius 2 is 1.64 bits per heavy atom. The van der Waals surface area contributed by atoms with Crippen molar-refractivity contribution in [2.24, 2.45) is 17.8 Å². The third kappa shape index (κ3) is 7.17. The summed E-state index contributed by atoms with van der Waals surface area (Å²) in [6.45, 7) is 5.83. The second-order valence-corrected chi connectivity index (χ2v) is 11.8. The number of carbonyl (C=O) groups excluding carboxylic acids is 2. The summed E-state index contributed by atoms with van der Waals surface area (Å²) >= 11 is 5.84. The lowest BCUT2D eigenvalue weighted by Crippen LogP contribution is -2.53. The van der Waals surface area contributed by atoms with Gasteiger partial charge in [-0.1, -0.05) is 25.4 Å². The fraction of sp³-hybridized carbons (Fsp3) is 0.667. The molecule has 2 fully saturated rings. The Morgan fingerprint density at radius 1 is 1.03 bits per heavy atom. The zero-order valence-electron chi connectivity index (χ0n) is 19.6. The van der Waals surface area contributed by atoms with E-state index in [0.29, 0.717) is 24.4 Å². The molecule has 1 saturated heterocycles. The molecule has 1 aliphatic heterocycles. The SMILES string of the molecule is CC(C)[C@@H](NC(=O)C1CCC(CNS(=O)(=O)c2ccc(Cl)cc2)CC1)C(=O)N1CCCCC1. The Hall–Kier alpha value is -1.64. The highest BCUT2D eigenvalue weighted by Crippen LogP contribution is 2.29. The maximum absolute atomic E-state index is 13.0. The van der Waals surface area contributed by atoms with Crippen LogP contribution in [-0.4, -0.2) is 50.8 Å². The smallest absolute Gasteiger partial charge is 0.245 e. The van der Waals surface area contributed by atoms with Crippen molar-refractivity contribution in [3.63, 3.8) is 0 Å². The number of piperidine rings is 1. The topological polar surface area (TPSA) is 95.6 Å². The van der Waals surface area contributed by atoms with Crippen LogP contribution in [0.5, 0.6) is 0 Å². The van der Waals surface area contributed by atoms with Gasteiger partial charge in [0.2, 0.25) is 21.8 Å². The van der Waals surface area contributed by atoms with Crippen LogP contribution in [0.3, 0.4) is 0 Å². The number of rotatable bonds is 8. The number of benzene rings is 1. The summed E-state index contributed by atoms with van der Waals surface area (Å²) in [6, 6.07) is 5.60. The summed E-state index contributed by atoms with van der Waals surface area (Å²) in [5.74, 6) is 0.0566. The van der Waals surface area contributed by atoms with E-state index in [9.17, 15) is 18.0 Å². The lowest BCUT2D eigenvalue weighted by molar-refractivity contribution is -0.139. The van der Waals surface area contributed by atoms with Gasteiger partial charge in [-0.25, -0.2) is 13.1 Å². The molecule has 0 aromatic heterocycles. The van der Waals surface area contributed by atoms with E-state index in [0.717, 1.165) is 45.2 Å². The third-order valence-electron chi connectivity index (χ3n) is 6.80. The van der Waals surface area contributed by atoms with E-state index in [-0.39, 0.29) is 34.5 Å². The van der Waals surface area contributed by atoms with Crippen LogP contribution in [0.2, 0.25) is 5.02 Å². The summed E-state index contributed by atoms with van der Waals surface area (Å²) < 4.78 is 27.7. The monoisotopic (exact) mass is 497 g/mol. The second kappa shape index (κ2) is 11.7. The maximum atomic E-state index is 13.0. The summed E-state index contributed by atoms with van der Waals surface area (Å²) in [5, 5.41) is 3.52. The van der Waals surface area contributed by atoms with E-state index in [1.54, 1.807) is 12.1 Å². The number of hydrogen-bond donors (Lipinski definition) is 2. The van der Waals surface area contributed by atoms with Crippen LogP contribution in [0, 0.1) is 17.8 Å². The molecule has 1 saturated carbocycles. The first kappa shape index (κ1) is 26.0. The van der Waals surface area contributed by atoms with Gasteiger partial charge in [0, 0.05) is 30.6 Å². The van der Waals surface area contributed by atoms with Gasteiger partial charge in [-0.15, -0.1) is 0 Å². The van der Waals surface area contributed by atoms with Gasteiger partial charge in [0.25, 0.3) is 0 Å². The molecule has 9 heteroatoms. The number of nitrogens with zero attached hydrogens (tertiary/aromatic N) is 1. The number of nitrogens with one attached hydrogen (secondary N) is 2. The summed E-state index contributed by atoms with van der Waals surface area (Å²) in [5.41, 5.74) is 0. The van der Waals surface area contributed by atoms with Crippen molar-refractivity contribution in [2.45, 2.75) is 69.7 Å². The molecule has 0 radical (unpaired) electrons. The molecular weight excluding hydrogens is 462 g/mol. The predicted molar refractivity (Wildman–Crippen MR) is 129 cm³/mol. The van der Waals surface area contributed by atoms with Crippen molar-refractivity contribution in [1.29, 1.82) is 0 Å². The minimum Gasteiger partial charge on any atom is -0.344 e. The molecule has 2 N–H and O–H groups in total. The van der Waals surface area contributed by atoms with E-state index >= 15 is 0 Å². The minimum absolute atomic E-state index is 0.0296. The first-order valence-corrected chi connectivity index (χ1v) is 13.9. The fourth-order valence-electron chi connectivity index (χ4n) is 4.65. The predicted octanol–water partition coefficient (Wildman–Crippen LogP) is 3.58. The number of hydrogen-bond acceptors (Lipinski definition) is 4. The van der Waals surface area contributed by atoms with Gasteiger partial charge in [0.1, 0.15) is 6.04 Å². The average molecular weight is 498 g/mol. The zero-order valence-corrected chi connectivity index (χ0v) is 21.1. The number of carbonyl (C=O) groups is 2. The fourth-order valence-corrected chi connectivity index (χ4v) is 5.89. The second-order valence-electron chi connectivity index (χ2n) is 9.64. The van der Waals surface area contributed by atoms with E-state index in [1.807, 2.05) is 18.7 Å². The van der Waals surface area contributed by atoms with Crippen molar-refractivity contribution >= 4 is 33.4 Å². The Bertz CT molecular complexity index is 906. The standard InChI is InChI=1S/C24H36ClN3O4S/c1-17(2)22(24(30)28-14-4-3-5-15-28)27-23(29)19-8-6-18(7-9-19)16-26-33(31,32)21-12-10-20(25)11-13-21/h10-13,17-19,22,26H,3-9,14-16H2,1-2H3,(H,27,29)/t18?,19?,22-/m1/s1. The van der Waals surface area contributed by atoms with Crippen LogP contribution >= 0.6 is 11.6 Å². The van der Waals surface area contributed by atoms with Gasteiger partial charge in [-0.2, -0.15) is 0 Å². The van der Waals surface area contributed by atoms with Crippen LogP contribution in [-0.2, 0) is 19.6 Å². The molecule has 0 unspecified atom stereocenters. The Labute approximate surface area is 202 Å². The van der Waals surface area contributed by atoms with Crippen molar-refractivity contribution in [3.8, 4) is 0 Å². The van der Waals surface area contributed by atoms with E-state index in [2.05, 4.69) is 10.0 Å². The van der Waals surface area contributed by atoms with Gasteiger partial charge < -0.3 is 10.2 Å². The molecule has 184 valence electrons. The van der Waals surface area contributed by atoms with Crippen molar-refractivity contribution in [3.05, 3.63) is 29.3 Å². The molecule has 1 heterocycles. The quantitative estimate of drug-likeness (QED) is 0.573. The van der Waals surface area contributed by atoms with Crippen LogP contribution in [0.1, 0.15) is 58.8 Å². The molecule has 2 aliphatic rings. The van der Waals surface area contributed by atoms with Crippen LogP contribution < -0.4 is 10.0 Å². The number of halogens is 1. The Kier molecular flexibility index (Phi) is 9.18. The first-order chi connectivity index (χ1) is 15.7. The lowest BCUT2D eigenvalue weighted by Gasteiger charge is -2.34. The molecule has 0 bridgehead atoms. The molecule has 1 aromatic carbocycles. The molecule has 0 spiro atoms. The van der Waals surface area contributed by atoms with Gasteiger partial charge in [0.15, 0.2) is 0 Å². The van der Waals surface area contributed by atoms with Crippen LogP contribution in [0.25, 0.3) is 0 Å². The zero-order chi connectivity index (χ0) is 24.0. The highest BCUT2D eigenvalue weighted by atomic mass is 35.5. The van der Waals surface area contributed by atoms with Crippen LogP contribution in [0.15, 0.2) is 29.2 Å². The lowest BCUT2D eigenvalue weighted by atomic mass is 9.81. The minimum atomic E-state index is -3.58. The normalized spacial score (nSPS) is 22.7. The molecule has 1 atom stereocenters. The first-order valence-electron chi connectivity index (χ1n) is 12.0. The van der Waals surface area contributed by atoms with Crippen LogP contribution in [0.4, 0.5) is 0 Å². The number of amides is 2. The molecule has 2 amide bonds.